The maximum Gasteiger partial charge on any atom is 0.229 e. The van der Waals surface area contributed by atoms with Crippen LogP contribution < -0.4 is 4.72 Å². The molecule has 1 aromatic carbocycles. The fourth-order valence-electron chi connectivity index (χ4n) is 3.41. The van der Waals surface area contributed by atoms with Gasteiger partial charge in [-0.3, -0.25) is 14.5 Å². The Bertz CT molecular complexity index is 859. The summed E-state index contributed by atoms with van der Waals surface area (Å²) in [6.07, 6.45) is 7.45. The van der Waals surface area contributed by atoms with Crippen molar-refractivity contribution in [1.82, 2.24) is 9.88 Å². The van der Waals surface area contributed by atoms with E-state index in [1.165, 1.54) is 5.56 Å². The maximum atomic E-state index is 12.7. The number of Topliss-reactive ketones (excluding diaryl/α,β-unsaturated/α-hetero) is 1. The highest BCUT2D eigenvalue weighted by Gasteiger charge is 2.25. The zero-order chi connectivity index (χ0) is 19.3. The van der Waals surface area contributed by atoms with Crippen molar-refractivity contribution >= 4 is 21.5 Å². The van der Waals surface area contributed by atoms with Crippen molar-refractivity contribution in [3.63, 3.8) is 0 Å². The summed E-state index contributed by atoms with van der Waals surface area (Å²) in [6.45, 7) is 2.85. The van der Waals surface area contributed by atoms with Gasteiger partial charge >= 0.3 is 0 Å². The summed E-state index contributed by atoms with van der Waals surface area (Å²) in [5, 5.41) is 0. The summed E-state index contributed by atoms with van der Waals surface area (Å²) in [4.78, 5) is 19.2. The van der Waals surface area contributed by atoms with Crippen LogP contribution in [0.3, 0.4) is 0 Å². The van der Waals surface area contributed by atoms with Crippen molar-refractivity contribution in [3.8, 4) is 0 Å². The number of hydrogen-bond acceptors (Lipinski definition) is 5. The Morgan fingerprint density at radius 3 is 2.33 bits per heavy atom. The van der Waals surface area contributed by atoms with Gasteiger partial charge in [-0.15, -0.1) is 0 Å². The lowest BCUT2D eigenvalue weighted by atomic mass is 9.88. The molecule has 2 aromatic rings. The molecule has 0 bridgehead atoms. The molecule has 6 nitrogen and oxygen atoms in total. The molecule has 0 spiro atoms. The smallest absolute Gasteiger partial charge is 0.229 e. The molecule has 7 heteroatoms. The molecule has 1 saturated heterocycles. The zero-order valence-corrected chi connectivity index (χ0v) is 16.3. The van der Waals surface area contributed by atoms with Gasteiger partial charge in [-0.25, -0.2) is 8.42 Å². The van der Waals surface area contributed by atoms with Crippen molar-refractivity contribution in [3.05, 3.63) is 59.9 Å². The van der Waals surface area contributed by atoms with Crippen LogP contribution >= 0.6 is 0 Å². The number of benzene rings is 1. The highest BCUT2D eigenvalue weighted by molar-refractivity contribution is 7.92. The predicted octanol–water partition coefficient (Wildman–Crippen LogP) is 2.59. The van der Waals surface area contributed by atoms with Crippen molar-refractivity contribution in [2.45, 2.75) is 19.3 Å². The van der Waals surface area contributed by atoms with Gasteiger partial charge in [0.25, 0.3) is 0 Å². The molecular weight excluding hydrogens is 362 g/mol. The second-order valence-corrected chi connectivity index (χ2v) is 8.79. The van der Waals surface area contributed by atoms with Crippen LogP contribution in [-0.2, 0) is 16.4 Å². The summed E-state index contributed by atoms with van der Waals surface area (Å²) >= 11 is 0. The molecule has 3 rings (SSSR count). The fourth-order valence-corrected chi connectivity index (χ4v) is 3.97. The number of sulfonamides is 1. The second-order valence-electron chi connectivity index (χ2n) is 7.04. The van der Waals surface area contributed by atoms with E-state index in [-0.39, 0.29) is 11.7 Å². The number of anilines is 1. The van der Waals surface area contributed by atoms with E-state index in [0.29, 0.717) is 11.3 Å². The first-order valence-corrected chi connectivity index (χ1v) is 11.0. The summed E-state index contributed by atoms with van der Waals surface area (Å²) in [6, 6.07) is 10.8. The van der Waals surface area contributed by atoms with Crippen molar-refractivity contribution in [2.24, 2.45) is 5.92 Å². The summed E-state index contributed by atoms with van der Waals surface area (Å²) in [5.41, 5.74) is 2.40. The molecule has 0 unspecified atom stereocenters. The Kier molecular flexibility index (Phi) is 6.23. The minimum Gasteiger partial charge on any atom is -0.303 e. The van der Waals surface area contributed by atoms with E-state index in [1.54, 1.807) is 24.3 Å². The van der Waals surface area contributed by atoms with Gasteiger partial charge < -0.3 is 4.90 Å². The van der Waals surface area contributed by atoms with Gasteiger partial charge in [-0.1, -0.05) is 0 Å². The van der Waals surface area contributed by atoms with Crippen molar-refractivity contribution < 1.29 is 13.2 Å². The van der Waals surface area contributed by atoms with E-state index < -0.39 is 10.0 Å². The van der Waals surface area contributed by atoms with Crippen LogP contribution in [0.15, 0.2) is 48.8 Å². The standard InChI is InChI=1S/C20H25N3O3S/c1-27(25,26)22-19-4-2-17(3-5-19)20(24)18-9-14-23(15-10-18)13-8-16-6-11-21-12-7-16/h2-7,11-12,18,22H,8-10,13-15H2,1H3. The minimum absolute atomic E-state index is 0.0379. The summed E-state index contributed by atoms with van der Waals surface area (Å²) < 4.78 is 24.9. The first-order valence-electron chi connectivity index (χ1n) is 9.14. The van der Waals surface area contributed by atoms with Gasteiger partial charge in [0.05, 0.1) is 6.26 Å². The molecule has 1 aliphatic rings. The number of nitrogens with one attached hydrogen (secondary N) is 1. The van der Waals surface area contributed by atoms with E-state index in [1.807, 2.05) is 24.5 Å². The predicted molar refractivity (Wildman–Crippen MR) is 106 cm³/mol. The summed E-state index contributed by atoms with van der Waals surface area (Å²) in [5.74, 6) is 0.186. The zero-order valence-electron chi connectivity index (χ0n) is 15.5. The number of likely N-dealkylation sites (tertiary alicyclic amines) is 1. The Morgan fingerprint density at radius 1 is 1.11 bits per heavy atom. The molecule has 0 aliphatic carbocycles. The van der Waals surface area contributed by atoms with E-state index in [2.05, 4.69) is 14.6 Å². The first-order chi connectivity index (χ1) is 12.9. The van der Waals surface area contributed by atoms with Crippen LogP contribution in [0.25, 0.3) is 0 Å². The lowest BCUT2D eigenvalue weighted by Crippen LogP contribution is -2.37. The van der Waals surface area contributed by atoms with E-state index >= 15 is 0 Å². The third-order valence-corrected chi connectivity index (χ3v) is 5.50. The number of carbonyl (C=O) groups is 1. The first kappa shape index (κ1) is 19.5. The van der Waals surface area contributed by atoms with Gasteiger partial charge in [0, 0.05) is 36.1 Å². The lowest BCUT2D eigenvalue weighted by molar-refractivity contribution is 0.0841. The molecule has 0 amide bonds. The molecule has 2 heterocycles. The number of piperidine rings is 1. The van der Waals surface area contributed by atoms with Crippen LogP contribution in [-0.4, -0.2) is 50.0 Å². The number of carbonyl (C=O) groups excluding carboxylic acids is 1. The Labute approximate surface area is 160 Å². The molecule has 1 aromatic heterocycles. The van der Waals surface area contributed by atoms with E-state index in [9.17, 15) is 13.2 Å². The van der Waals surface area contributed by atoms with Crippen LogP contribution in [0.1, 0.15) is 28.8 Å². The highest BCUT2D eigenvalue weighted by atomic mass is 32.2. The summed E-state index contributed by atoms with van der Waals surface area (Å²) in [7, 11) is -3.31. The molecule has 1 N–H and O–H groups in total. The second kappa shape index (κ2) is 8.63. The molecule has 144 valence electrons. The van der Waals surface area contributed by atoms with Gasteiger partial charge in [0.2, 0.25) is 10.0 Å². The number of aromatic nitrogens is 1. The molecule has 0 radical (unpaired) electrons. The number of rotatable bonds is 7. The SMILES string of the molecule is CS(=O)(=O)Nc1ccc(C(=O)C2CCN(CCc3ccncc3)CC2)cc1. The van der Waals surface area contributed by atoms with Gasteiger partial charge in [-0.2, -0.15) is 0 Å². The van der Waals surface area contributed by atoms with Gasteiger partial charge in [0.1, 0.15) is 0 Å². The molecule has 1 aliphatic heterocycles. The third kappa shape index (κ3) is 5.87. The monoisotopic (exact) mass is 387 g/mol. The molecular formula is C20H25N3O3S. The Balaban J connectivity index is 1.49. The van der Waals surface area contributed by atoms with E-state index in [0.717, 1.165) is 45.2 Å². The van der Waals surface area contributed by atoms with Gasteiger partial charge in [-0.05, 0) is 74.3 Å². The maximum absolute atomic E-state index is 12.7. The average Bonchev–Trinajstić information content (AvgIpc) is 2.66. The molecule has 0 atom stereocenters. The quantitative estimate of drug-likeness (QED) is 0.739. The number of ketones is 1. The third-order valence-electron chi connectivity index (χ3n) is 4.90. The van der Waals surface area contributed by atoms with Crippen molar-refractivity contribution in [1.29, 1.82) is 0 Å². The number of pyridine rings is 1. The lowest BCUT2D eigenvalue weighted by Gasteiger charge is -2.31. The van der Waals surface area contributed by atoms with Crippen LogP contribution in [0.5, 0.6) is 0 Å². The van der Waals surface area contributed by atoms with Gasteiger partial charge in [0.15, 0.2) is 5.78 Å². The number of hydrogen-bond donors (Lipinski definition) is 1. The largest absolute Gasteiger partial charge is 0.303 e. The minimum atomic E-state index is -3.31. The molecule has 27 heavy (non-hydrogen) atoms. The topological polar surface area (TPSA) is 79.4 Å². The van der Waals surface area contributed by atoms with E-state index in [4.69, 9.17) is 0 Å². The van der Waals surface area contributed by atoms with Crippen LogP contribution in [0.2, 0.25) is 0 Å². The van der Waals surface area contributed by atoms with Crippen LogP contribution in [0.4, 0.5) is 5.69 Å². The Morgan fingerprint density at radius 2 is 1.74 bits per heavy atom. The molecule has 0 saturated carbocycles. The average molecular weight is 388 g/mol. The highest BCUT2D eigenvalue weighted by Crippen LogP contribution is 2.23. The normalized spacial score (nSPS) is 16.2. The number of nitrogens with zero attached hydrogens (tertiary/aromatic N) is 2. The van der Waals surface area contributed by atoms with Crippen molar-refractivity contribution in [2.75, 3.05) is 30.6 Å². The molecule has 1 fully saturated rings. The Hall–Kier alpha value is -2.25. The van der Waals surface area contributed by atoms with Crippen LogP contribution in [0, 0.1) is 5.92 Å². The fraction of sp³-hybridized carbons (Fsp3) is 0.400.